The van der Waals surface area contributed by atoms with Crippen LogP contribution in [0.3, 0.4) is 0 Å². The van der Waals surface area contributed by atoms with Crippen LogP contribution in [0.4, 0.5) is 0 Å². The van der Waals surface area contributed by atoms with Gasteiger partial charge < -0.3 is 14.2 Å². The van der Waals surface area contributed by atoms with E-state index in [-0.39, 0.29) is 0 Å². The van der Waals surface area contributed by atoms with Crippen molar-refractivity contribution >= 4 is 15.9 Å². The van der Waals surface area contributed by atoms with Crippen LogP contribution in [-0.4, -0.2) is 4.98 Å². The standard InChI is InChI=1S/C16H15BrN2O2/c1-11-6-7-13(21-11)9-18-8-12-10-20-16(19-12)14-4-2-3-5-15(14)17/h2-7,10,18H,8-9H2,1H3. The van der Waals surface area contributed by atoms with Crippen LogP contribution in [0.15, 0.2) is 56.0 Å². The molecule has 2 heterocycles. The van der Waals surface area contributed by atoms with Gasteiger partial charge in [0, 0.05) is 11.0 Å². The molecular formula is C16H15BrN2O2. The number of hydrogen-bond acceptors (Lipinski definition) is 4. The Labute approximate surface area is 131 Å². The second-order valence-corrected chi connectivity index (χ2v) is 5.59. The highest BCUT2D eigenvalue weighted by molar-refractivity contribution is 9.10. The van der Waals surface area contributed by atoms with Crippen molar-refractivity contribution in [2.75, 3.05) is 0 Å². The van der Waals surface area contributed by atoms with Crippen molar-refractivity contribution < 1.29 is 8.83 Å². The van der Waals surface area contributed by atoms with E-state index in [1.54, 1.807) is 6.26 Å². The molecule has 0 aliphatic rings. The van der Waals surface area contributed by atoms with E-state index in [1.807, 2.05) is 43.3 Å². The lowest BCUT2D eigenvalue weighted by atomic mass is 10.2. The van der Waals surface area contributed by atoms with E-state index in [0.29, 0.717) is 19.0 Å². The minimum Gasteiger partial charge on any atom is -0.465 e. The molecule has 0 fully saturated rings. The number of oxazole rings is 1. The van der Waals surface area contributed by atoms with Crippen molar-refractivity contribution in [3.63, 3.8) is 0 Å². The predicted octanol–water partition coefficient (Wildman–Crippen LogP) is 4.30. The van der Waals surface area contributed by atoms with Gasteiger partial charge in [0.05, 0.1) is 17.8 Å². The summed E-state index contributed by atoms with van der Waals surface area (Å²) in [5.74, 6) is 2.46. The fraction of sp³-hybridized carbons (Fsp3) is 0.188. The molecule has 4 nitrogen and oxygen atoms in total. The molecule has 0 aliphatic carbocycles. The molecule has 0 bridgehead atoms. The summed E-state index contributed by atoms with van der Waals surface area (Å²) in [5.41, 5.74) is 1.81. The van der Waals surface area contributed by atoms with Gasteiger partial charge in [-0.15, -0.1) is 0 Å². The first-order valence-electron chi connectivity index (χ1n) is 6.68. The highest BCUT2D eigenvalue weighted by atomic mass is 79.9. The van der Waals surface area contributed by atoms with Crippen LogP contribution in [0.2, 0.25) is 0 Å². The van der Waals surface area contributed by atoms with Crippen molar-refractivity contribution in [3.8, 4) is 11.5 Å². The van der Waals surface area contributed by atoms with E-state index < -0.39 is 0 Å². The predicted molar refractivity (Wildman–Crippen MR) is 83.6 cm³/mol. The van der Waals surface area contributed by atoms with E-state index >= 15 is 0 Å². The summed E-state index contributed by atoms with van der Waals surface area (Å²) in [4.78, 5) is 4.49. The molecule has 0 unspecified atom stereocenters. The molecule has 2 aromatic heterocycles. The van der Waals surface area contributed by atoms with Crippen molar-refractivity contribution in [2.24, 2.45) is 0 Å². The lowest BCUT2D eigenvalue weighted by molar-refractivity contribution is 0.460. The van der Waals surface area contributed by atoms with Gasteiger partial charge in [-0.1, -0.05) is 12.1 Å². The molecule has 0 radical (unpaired) electrons. The largest absolute Gasteiger partial charge is 0.465 e. The zero-order chi connectivity index (χ0) is 14.7. The number of rotatable bonds is 5. The molecule has 0 aliphatic heterocycles. The van der Waals surface area contributed by atoms with Crippen LogP contribution in [0.5, 0.6) is 0 Å². The van der Waals surface area contributed by atoms with Crippen molar-refractivity contribution in [1.29, 1.82) is 0 Å². The number of nitrogens with one attached hydrogen (secondary N) is 1. The maximum Gasteiger partial charge on any atom is 0.227 e. The summed E-state index contributed by atoms with van der Waals surface area (Å²) >= 11 is 3.50. The number of halogens is 1. The van der Waals surface area contributed by atoms with Gasteiger partial charge in [-0.25, -0.2) is 4.98 Å². The molecule has 1 N–H and O–H groups in total. The lowest BCUT2D eigenvalue weighted by Crippen LogP contribution is -2.12. The second-order valence-electron chi connectivity index (χ2n) is 4.74. The Bertz CT molecular complexity index is 733. The van der Waals surface area contributed by atoms with E-state index in [2.05, 4.69) is 26.2 Å². The summed E-state index contributed by atoms with van der Waals surface area (Å²) in [5, 5.41) is 3.28. The maximum atomic E-state index is 5.53. The Hall–Kier alpha value is -1.85. The van der Waals surface area contributed by atoms with Crippen molar-refractivity contribution in [3.05, 3.63) is 64.3 Å². The van der Waals surface area contributed by atoms with Crippen LogP contribution in [0.1, 0.15) is 17.2 Å². The number of aryl methyl sites for hydroxylation is 1. The summed E-state index contributed by atoms with van der Waals surface area (Å²) in [6.07, 6.45) is 1.68. The highest BCUT2D eigenvalue weighted by Crippen LogP contribution is 2.27. The summed E-state index contributed by atoms with van der Waals surface area (Å²) in [6.45, 7) is 3.24. The SMILES string of the molecule is Cc1ccc(CNCc2coc(-c3ccccc3Br)n2)o1. The topological polar surface area (TPSA) is 51.2 Å². The minimum atomic E-state index is 0.619. The van der Waals surface area contributed by atoms with Gasteiger partial charge >= 0.3 is 0 Å². The maximum absolute atomic E-state index is 5.53. The zero-order valence-corrected chi connectivity index (χ0v) is 13.2. The number of furan rings is 1. The molecule has 0 saturated heterocycles. The summed E-state index contributed by atoms with van der Waals surface area (Å²) in [6, 6.07) is 11.8. The Kier molecular flexibility index (Phi) is 4.22. The molecule has 1 aromatic carbocycles. The highest BCUT2D eigenvalue weighted by Gasteiger charge is 2.09. The number of benzene rings is 1. The second kappa shape index (κ2) is 6.28. The van der Waals surface area contributed by atoms with Crippen LogP contribution < -0.4 is 5.32 Å². The first kappa shape index (κ1) is 14.1. The minimum absolute atomic E-state index is 0.619. The third-order valence-electron chi connectivity index (χ3n) is 3.06. The third-order valence-corrected chi connectivity index (χ3v) is 3.75. The Balaban J connectivity index is 1.62. The quantitative estimate of drug-likeness (QED) is 0.748. The Morgan fingerprint density at radius 2 is 2.00 bits per heavy atom. The lowest BCUT2D eigenvalue weighted by Gasteiger charge is -1.99. The molecule has 0 saturated carbocycles. The molecule has 0 spiro atoms. The first-order chi connectivity index (χ1) is 10.2. The molecule has 5 heteroatoms. The number of nitrogens with zero attached hydrogens (tertiary/aromatic N) is 1. The van der Waals surface area contributed by atoms with Gasteiger partial charge in [-0.05, 0) is 47.1 Å². The van der Waals surface area contributed by atoms with Crippen LogP contribution in [-0.2, 0) is 13.1 Å². The van der Waals surface area contributed by atoms with Gasteiger partial charge in [0.1, 0.15) is 17.8 Å². The van der Waals surface area contributed by atoms with Gasteiger partial charge in [-0.3, -0.25) is 0 Å². The average Bonchev–Trinajstić information content (AvgIpc) is 3.09. The summed E-state index contributed by atoms with van der Waals surface area (Å²) < 4.78 is 12.0. The van der Waals surface area contributed by atoms with Gasteiger partial charge in [0.25, 0.3) is 0 Å². The molecule has 108 valence electrons. The molecule has 3 rings (SSSR count). The fourth-order valence-corrected chi connectivity index (χ4v) is 2.49. The molecule has 21 heavy (non-hydrogen) atoms. The van der Waals surface area contributed by atoms with Crippen LogP contribution in [0, 0.1) is 6.92 Å². The average molecular weight is 347 g/mol. The van der Waals surface area contributed by atoms with Gasteiger partial charge in [0.2, 0.25) is 5.89 Å². The monoisotopic (exact) mass is 346 g/mol. The summed E-state index contributed by atoms with van der Waals surface area (Å²) in [7, 11) is 0. The van der Waals surface area contributed by atoms with E-state index in [0.717, 1.165) is 27.3 Å². The van der Waals surface area contributed by atoms with E-state index in [4.69, 9.17) is 8.83 Å². The number of aromatic nitrogens is 1. The third kappa shape index (κ3) is 3.43. The zero-order valence-electron chi connectivity index (χ0n) is 11.6. The van der Waals surface area contributed by atoms with Crippen molar-refractivity contribution in [1.82, 2.24) is 10.3 Å². The van der Waals surface area contributed by atoms with E-state index in [1.165, 1.54) is 0 Å². The van der Waals surface area contributed by atoms with Crippen LogP contribution >= 0.6 is 15.9 Å². The molecule has 0 amide bonds. The molecule has 3 aromatic rings. The van der Waals surface area contributed by atoms with Gasteiger partial charge in [-0.2, -0.15) is 0 Å². The van der Waals surface area contributed by atoms with E-state index in [9.17, 15) is 0 Å². The molecule has 0 atom stereocenters. The fourth-order valence-electron chi connectivity index (χ4n) is 2.04. The molecular weight excluding hydrogens is 332 g/mol. The normalized spacial score (nSPS) is 11.0. The Morgan fingerprint density at radius 3 is 2.76 bits per heavy atom. The smallest absolute Gasteiger partial charge is 0.227 e. The van der Waals surface area contributed by atoms with Crippen LogP contribution in [0.25, 0.3) is 11.5 Å². The first-order valence-corrected chi connectivity index (χ1v) is 7.47. The van der Waals surface area contributed by atoms with Gasteiger partial charge in [0.15, 0.2) is 0 Å². The number of hydrogen-bond donors (Lipinski definition) is 1. The van der Waals surface area contributed by atoms with Crippen molar-refractivity contribution in [2.45, 2.75) is 20.0 Å². The Morgan fingerprint density at radius 1 is 1.14 bits per heavy atom.